The normalized spacial score (nSPS) is 18.1. The summed E-state index contributed by atoms with van der Waals surface area (Å²) in [7, 11) is 0. The molecule has 0 fully saturated rings. The Bertz CT molecular complexity index is 814. The fraction of sp³-hybridized carbons (Fsp3) is 0.333. The average Bonchev–Trinajstić information content (AvgIpc) is 2.60. The summed E-state index contributed by atoms with van der Waals surface area (Å²) in [5.74, 6) is 1.09. The molecule has 1 aliphatic heterocycles. The van der Waals surface area contributed by atoms with E-state index in [-0.39, 0.29) is 5.60 Å². The van der Waals surface area contributed by atoms with Crippen LogP contribution in [0.4, 0.5) is 0 Å². The van der Waals surface area contributed by atoms with Crippen molar-refractivity contribution in [3.63, 3.8) is 0 Å². The van der Waals surface area contributed by atoms with Crippen LogP contribution in [-0.4, -0.2) is 10.7 Å². The van der Waals surface area contributed by atoms with Crippen LogP contribution in [0.3, 0.4) is 0 Å². The highest BCUT2D eigenvalue weighted by atomic mass is 16.5. The Morgan fingerprint density at radius 1 is 1.08 bits per heavy atom. The predicted molar refractivity (Wildman–Crippen MR) is 109 cm³/mol. The van der Waals surface area contributed by atoms with Gasteiger partial charge in [0, 0.05) is 0 Å². The van der Waals surface area contributed by atoms with Crippen molar-refractivity contribution in [2.24, 2.45) is 0 Å². The first-order valence-electron chi connectivity index (χ1n) is 9.37. The molecule has 2 nitrogen and oxygen atoms in total. The van der Waals surface area contributed by atoms with Crippen molar-refractivity contribution in [2.45, 2.75) is 52.1 Å². The smallest absolute Gasteiger partial charge is 0.131 e. The zero-order chi connectivity index (χ0) is 18.6. The highest BCUT2D eigenvalue weighted by Gasteiger charge is 2.28. The average molecular weight is 348 g/mol. The van der Waals surface area contributed by atoms with Crippen molar-refractivity contribution in [3.05, 3.63) is 76.9 Å². The van der Waals surface area contributed by atoms with Gasteiger partial charge in [-0.2, -0.15) is 0 Å². The van der Waals surface area contributed by atoms with Gasteiger partial charge in [-0.3, -0.25) is 0 Å². The number of aryl methyl sites for hydroxylation is 2. The first kappa shape index (κ1) is 18.3. The molecule has 1 atom stereocenters. The van der Waals surface area contributed by atoms with E-state index < -0.39 is 0 Å². The topological polar surface area (TPSA) is 29.5 Å². The number of benzene rings is 2. The Morgan fingerprint density at radius 2 is 1.81 bits per heavy atom. The third-order valence-corrected chi connectivity index (χ3v) is 4.86. The van der Waals surface area contributed by atoms with Crippen LogP contribution in [0.1, 0.15) is 50.3 Å². The number of ether oxygens (including phenoxy) is 1. The molecule has 0 radical (unpaired) electrons. The Kier molecular flexibility index (Phi) is 5.51. The Morgan fingerprint density at radius 3 is 2.54 bits per heavy atom. The van der Waals surface area contributed by atoms with Gasteiger partial charge in [0.1, 0.15) is 17.1 Å². The van der Waals surface area contributed by atoms with Crippen molar-refractivity contribution < 1.29 is 9.84 Å². The van der Waals surface area contributed by atoms with Crippen LogP contribution in [0.2, 0.25) is 0 Å². The summed E-state index contributed by atoms with van der Waals surface area (Å²) in [6.07, 6.45) is 10.0. The largest absolute Gasteiger partial charge is 0.507 e. The van der Waals surface area contributed by atoms with E-state index in [9.17, 15) is 5.11 Å². The van der Waals surface area contributed by atoms with Gasteiger partial charge in [0.05, 0.1) is 5.56 Å². The van der Waals surface area contributed by atoms with E-state index in [4.69, 9.17) is 4.74 Å². The first-order chi connectivity index (χ1) is 12.5. The SMILES string of the molecule is CC(C)=CCCC1(C)C=Cc2c(O)cc(CCc3ccccc3)cc2O1. The van der Waals surface area contributed by atoms with E-state index in [0.29, 0.717) is 5.75 Å². The second-order valence-corrected chi connectivity index (χ2v) is 7.58. The van der Waals surface area contributed by atoms with Crippen molar-refractivity contribution in [2.75, 3.05) is 0 Å². The molecule has 0 spiro atoms. The second kappa shape index (κ2) is 7.82. The Hall–Kier alpha value is -2.48. The molecule has 0 saturated heterocycles. The predicted octanol–water partition coefficient (Wildman–Crippen LogP) is 6.09. The zero-order valence-electron chi connectivity index (χ0n) is 16.0. The van der Waals surface area contributed by atoms with E-state index in [1.54, 1.807) is 0 Å². The van der Waals surface area contributed by atoms with Gasteiger partial charge in [0.2, 0.25) is 0 Å². The van der Waals surface area contributed by atoms with Crippen LogP contribution in [-0.2, 0) is 12.8 Å². The van der Waals surface area contributed by atoms with Crippen LogP contribution in [0.5, 0.6) is 11.5 Å². The highest BCUT2D eigenvalue weighted by molar-refractivity contribution is 5.67. The molecule has 1 unspecified atom stereocenters. The molecule has 136 valence electrons. The maximum absolute atomic E-state index is 10.4. The van der Waals surface area contributed by atoms with Gasteiger partial charge in [-0.25, -0.2) is 0 Å². The van der Waals surface area contributed by atoms with Gasteiger partial charge in [0.15, 0.2) is 0 Å². The number of hydrogen-bond donors (Lipinski definition) is 1. The van der Waals surface area contributed by atoms with Crippen molar-refractivity contribution in [1.29, 1.82) is 0 Å². The molecule has 0 bridgehead atoms. The lowest BCUT2D eigenvalue weighted by atomic mass is 9.93. The van der Waals surface area contributed by atoms with Crippen LogP contribution < -0.4 is 4.74 Å². The maximum atomic E-state index is 10.4. The van der Waals surface area contributed by atoms with Gasteiger partial charge >= 0.3 is 0 Å². The summed E-state index contributed by atoms with van der Waals surface area (Å²) in [4.78, 5) is 0. The number of phenolic OH excluding ortho intramolecular Hbond substituents is 1. The van der Waals surface area contributed by atoms with E-state index in [2.05, 4.69) is 63.3 Å². The van der Waals surface area contributed by atoms with Crippen LogP contribution in [0, 0.1) is 0 Å². The summed E-state index contributed by atoms with van der Waals surface area (Å²) >= 11 is 0. The summed E-state index contributed by atoms with van der Waals surface area (Å²) in [5.41, 5.74) is 4.19. The number of phenols is 1. The van der Waals surface area contributed by atoms with Gasteiger partial charge < -0.3 is 9.84 Å². The molecule has 3 rings (SSSR count). The van der Waals surface area contributed by atoms with Crippen LogP contribution >= 0.6 is 0 Å². The molecule has 0 saturated carbocycles. The molecule has 1 N–H and O–H groups in total. The molecule has 2 aromatic carbocycles. The lowest BCUT2D eigenvalue weighted by Crippen LogP contribution is -2.31. The van der Waals surface area contributed by atoms with Crippen molar-refractivity contribution >= 4 is 6.08 Å². The zero-order valence-corrected chi connectivity index (χ0v) is 16.0. The van der Waals surface area contributed by atoms with Gasteiger partial charge in [-0.15, -0.1) is 0 Å². The molecule has 0 aromatic heterocycles. The minimum absolute atomic E-state index is 0.299. The van der Waals surface area contributed by atoms with E-state index >= 15 is 0 Å². The Balaban J connectivity index is 1.74. The summed E-state index contributed by atoms with van der Waals surface area (Å²) in [6.45, 7) is 6.34. The van der Waals surface area contributed by atoms with Crippen molar-refractivity contribution in [3.8, 4) is 11.5 Å². The molecule has 2 heteroatoms. The fourth-order valence-corrected chi connectivity index (χ4v) is 3.32. The number of allylic oxidation sites excluding steroid dienone is 2. The first-order valence-corrected chi connectivity index (χ1v) is 9.37. The lowest BCUT2D eigenvalue weighted by Gasteiger charge is -2.32. The standard InChI is InChI=1S/C24H28O2/c1-18(2)8-7-14-24(3)15-13-21-22(25)16-20(17-23(21)26-24)12-11-19-9-5-4-6-10-19/h4-6,8-10,13,15-17,25H,7,11-12,14H2,1-3H3. The molecular weight excluding hydrogens is 320 g/mol. The van der Waals surface area contributed by atoms with E-state index in [0.717, 1.165) is 42.6 Å². The lowest BCUT2D eigenvalue weighted by molar-refractivity contribution is 0.128. The molecule has 0 amide bonds. The molecule has 26 heavy (non-hydrogen) atoms. The van der Waals surface area contributed by atoms with Crippen molar-refractivity contribution in [1.82, 2.24) is 0 Å². The van der Waals surface area contributed by atoms with Gasteiger partial charge in [-0.1, -0.05) is 42.0 Å². The fourth-order valence-electron chi connectivity index (χ4n) is 3.32. The minimum atomic E-state index is -0.330. The highest BCUT2D eigenvalue weighted by Crippen LogP contribution is 2.39. The van der Waals surface area contributed by atoms with E-state index in [1.807, 2.05) is 18.2 Å². The number of fused-ring (bicyclic) bond motifs is 1. The third kappa shape index (κ3) is 4.57. The minimum Gasteiger partial charge on any atom is -0.507 e. The summed E-state index contributed by atoms with van der Waals surface area (Å²) < 4.78 is 6.30. The maximum Gasteiger partial charge on any atom is 0.131 e. The number of aromatic hydroxyl groups is 1. The van der Waals surface area contributed by atoms with Gasteiger partial charge in [0.25, 0.3) is 0 Å². The quantitative estimate of drug-likeness (QED) is 0.640. The van der Waals surface area contributed by atoms with Crippen LogP contribution in [0.25, 0.3) is 6.08 Å². The molecule has 2 aromatic rings. The molecule has 1 heterocycles. The molecule has 1 aliphatic rings. The second-order valence-electron chi connectivity index (χ2n) is 7.58. The summed E-state index contributed by atoms with van der Waals surface area (Å²) in [6, 6.07) is 14.4. The molecule has 0 aliphatic carbocycles. The third-order valence-electron chi connectivity index (χ3n) is 4.86. The van der Waals surface area contributed by atoms with Gasteiger partial charge in [-0.05, 0) is 81.9 Å². The van der Waals surface area contributed by atoms with Crippen LogP contribution in [0.15, 0.2) is 60.2 Å². The molecular formula is C24H28O2. The Labute approximate surface area is 156 Å². The number of rotatable bonds is 6. The number of hydrogen-bond acceptors (Lipinski definition) is 2. The van der Waals surface area contributed by atoms with E-state index in [1.165, 1.54) is 11.1 Å². The monoisotopic (exact) mass is 348 g/mol. The summed E-state index contributed by atoms with van der Waals surface area (Å²) in [5, 5.41) is 10.4.